The number of piperidine rings is 1. The Balaban J connectivity index is 1.66. The summed E-state index contributed by atoms with van der Waals surface area (Å²) in [5.74, 6) is -0.761. The summed E-state index contributed by atoms with van der Waals surface area (Å²) in [4.78, 5) is 39.0. The Labute approximate surface area is 176 Å². The van der Waals surface area contributed by atoms with Crippen molar-refractivity contribution >= 4 is 22.6 Å². The molecular weight excluding hydrogens is 382 g/mol. The van der Waals surface area contributed by atoms with Gasteiger partial charge in [0.15, 0.2) is 5.69 Å². The molecule has 2 heterocycles. The molecule has 0 aliphatic carbocycles. The molecule has 3 N–H and O–H groups in total. The Morgan fingerprint density at radius 1 is 1.13 bits per heavy atom. The first-order chi connectivity index (χ1) is 14.4. The van der Waals surface area contributed by atoms with Crippen LogP contribution in [-0.2, 0) is 11.3 Å². The first-order valence-electron chi connectivity index (χ1n) is 10.9. The van der Waals surface area contributed by atoms with Gasteiger partial charge in [-0.05, 0) is 45.6 Å². The monoisotopic (exact) mass is 414 g/mol. The van der Waals surface area contributed by atoms with Crippen LogP contribution >= 0.6 is 0 Å². The smallest absolute Gasteiger partial charge is 0.290 e. The molecule has 2 atom stereocenters. The van der Waals surface area contributed by atoms with Gasteiger partial charge < -0.3 is 4.90 Å². The first kappa shape index (κ1) is 22.0. The van der Waals surface area contributed by atoms with Crippen molar-refractivity contribution in [2.45, 2.75) is 71.5 Å². The lowest BCUT2D eigenvalue weighted by Gasteiger charge is -2.35. The summed E-state index contributed by atoms with van der Waals surface area (Å²) >= 11 is 0. The van der Waals surface area contributed by atoms with E-state index in [-0.39, 0.29) is 17.2 Å². The number of carbonyl (C=O) groups excluding carboxylic acids is 2. The number of aromatic nitrogens is 2. The summed E-state index contributed by atoms with van der Waals surface area (Å²) in [6.45, 7) is 7.56. The number of fused-ring (bicyclic) bond motifs is 1. The minimum absolute atomic E-state index is 0.128. The fraction of sp³-hybridized carbons (Fsp3) is 0.545. The second-order valence-electron chi connectivity index (χ2n) is 8.23. The molecule has 0 spiro atoms. The van der Waals surface area contributed by atoms with Crippen molar-refractivity contribution in [2.24, 2.45) is 0 Å². The minimum atomic E-state index is -0.531. The molecule has 30 heavy (non-hydrogen) atoms. The predicted molar refractivity (Wildman–Crippen MR) is 115 cm³/mol. The molecule has 0 radical (unpaired) electrons. The van der Waals surface area contributed by atoms with Crippen molar-refractivity contribution in [3.63, 3.8) is 0 Å². The number of nitrogens with zero attached hydrogens (tertiary/aromatic N) is 2. The number of quaternary nitrogens is 1. The van der Waals surface area contributed by atoms with Crippen LogP contribution in [0.2, 0.25) is 0 Å². The Hall–Kier alpha value is -2.74. The van der Waals surface area contributed by atoms with Crippen molar-refractivity contribution in [1.82, 2.24) is 20.6 Å². The number of hydrogen-bond donors (Lipinski definition) is 3. The molecule has 0 unspecified atom stereocenters. The lowest BCUT2D eigenvalue weighted by atomic mass is 9.97. The van der Waals surface area contributed by atoms with Gasteiger partial charge in [-0.1, -0.05) is 25.1 Å². The number of aryl methyl sites for hydroxylation is 1. The van der Waals surface area contributed by atoms with Gasteiger partial charge in [0.25, 0.3) is 11.5 Å². The highest BCUT2D eigenvalue weighted by molar-refractivity contribution is 6.05. The molecule has 2 amide bonds. The summed E-state index contributed by atoms with van der Waals surface area (Å²) in [7, 11) is 0. The zero-order valence-corrected chi connectivity index (χ0v) is 18.0. The predicted octanol–water partition coefficient (Wildman–Crippen LogP) is 0.803. The van der Waals surface area contributed by atoms with Crippen LogP contribution in [-0.4, -0.2) is 40.2 Å². The van der Waals surface area contributed by atoms with Crippen molar-refractivity contribution in [3.8, 4) is 0 Å². The van der Waals surface area contributed by atoms with E-state index >= 15 is 0 Å². The van der Waals surface area contributed by atoms with Crippen LogP contribution in [0.5, 0.6) is 0 Å². The van der Waals surface area contributed by atoms with E-state index in [4.69, 9.17) is 0 Å². The Morgan fingerprint density at radius 3 is 2.47 bits per heavy atom. The third-order valence-electron chi connectivity index (χ3n) is 6.01. The van der Waals surface area contributed by atoms with Gasteiger partial charge in [-0.25, -0.2) is 4.68 Å². The minimum Gasteiger partial charge on any atom is -0.330 e. The normalized spacial score (nSPS) is 19.6. The Kier molecular flexibility index (Phi) is 7.20. The SMILES string of the molecule is CCCn1nc(C(=O)NNC(=O)CC[NH+]2[C@H](C)CCC[C@H]2C)c2ccccc2c1=O. The fourth-order valence-corrected chi connectivity index (χ4v) is 4.35. The van der Waals surface area contributed by atoms with Crippen molar-refractivity contribution < 1.29 is 14.5 Å². The van der Waals surface area contributed by atoms with Crippen LogP contribution in [0, 0.1) is 0 Å². The van der Waals surface area contributed by atoms with Gasteiger partial charge in [-0.2, -0.15) is 5.10 Å². The maximum Gasteiger partial charge on any atom is 0.290 e. The van der Waals surface area contributed by atoms with E-state index in [1.54, 1.807) is 24.3 Å². The van der Waals surface area contributed by atoms with E-state index in [1.807, 2.05) is 6.92 Å². The molecule has 1 aromatic carbocycles. The molecule has 8 heteroatoms. The maximum absolute atomic E-state index is 12.7. The number of hydrazine groups is 1. The molecular formula is C22H32N5O3+. The highest BCUT2D eigenvalue weighted by Gasteiger charge is 2.28. The van der Waals surface area contributed by atoms with Crippen molar-refractivity contribution in [3.05, 3.63) is 40.3 Å². The van der Waals surface area contributed by atoms with Crippen LogP contribution in [0.1, 0.15) is 63.4 Å². The molecule has 0 saturated carbocycles. The molecule has 0 bridgehead atoms. The van der Waals surface area contributed by atoms with Crippen LogP contribution < -0.4 is 21.3 Å². The molecule has 1 fully saturated rings. The number of carbonyl (C=O) groups is 2. The van der Waals surface area contributed by atoms with Gasteiger partial charge in [0, 0.05) is 11.9 Å². The van der Waals surface area contributed by atoms with E-state index in [0.29, 0.717) is 35.8 Å². The average molecular weight is 415 g/mol. The summed E-state index contributed by atoms with van der Waals surface area (Å²) in [6, 6.07) is 7.99. The molecule has 1 saturated heterocycles. The lowest BCUT2D eigenvalue weighted by molar-refractivity contribution is -0.950. The number of rotatable bonds is 6. The molecule has 2 aromatic rings. The van der Waals surface area contributed by atoms with Crippen molar-refractivity contribution in [2.75, 3.05) is 6.54 Å². The maximum atomic E-state index is 12.7. The second-order valence-corrected chi connectivity index (χ2v) is 8.23. The highest BCUT2D eigenvalue weighted by Crippen LogP contribution is 2.13. The third-order valence-corrected chi connectivity index (χ3v) is 6.01. The Morgan fingerprint density at radius 2 is 1.80 bits per heavy atom. The van der Waals surface area contributed by atoms with E-state index < -0.39 is 5.91 Å². The zero-order chi connectivity index (χ0) is 21.7. The first-order valence-corrected chi connectivity index (χ1v) is 10.9. The van der Waals surface area contributed by atoms with Gasteiger partial charge in [-0.3, -0.25) is 25.2 Å². The lowest BCUT2D eigenvalue weighted by Crippen LogP contribution is -3.19. The van der Waals surface area contributed by atoms with Gasteiger partial charge >= 0.3 is 0 Å². The molecule has 1 aromatic heterocycles. The summed E-state index contributed by atoms with van der Waals surface area (Å²) in [5.41, 5.74) is 4.87. The molecule has 162 valence electrons. The average Bonchev–Trinajstić information content (AvgIpc) is 2.74. The summed E-state index contributed by atoms with van der Waals surface area (Å²) in [6.07, 6.45) is 4.68. The summed E-state index contributed by atoms with van der Waals surface area (Å²) < 4.78 is 1.31. The quantitative estimate of drug-likeness (QED) is 0.609. The molecule has 1 aliphatic heterocycles. The van der Waals surface area contributed by atoms with Crippen LogP contribution in [0.3, 0.4) is 0 Å². The van der Waals surface area contributed by atoms with E-state index in [2.05, 4.69) is 29.8 Å². The van der Waals surface area contributed by atoms with Crippen LogP contribution in [0.15, 0.2) is 29.1 Å². The van der Waals surface area contributed by atoms with Gasteiger partial charge in [0.05, 0.1) is 30.4 Å². The number of hydrogen-bond acceptors (Lipinski definition) is 4. The number of benzene rings is 1. The number of likely N-dealkylation sites (tertiary alicyclic amines) is 1. The third kappa shape index (κ3) is 4.87. The number of nitrogens with one attached hydrogen (secondary N) is 3. The molecule has 1 aliphatic rings. The van der Waals surface area contributed by atoms with Crippen molar-refractivity contribution in [1.29, 1.82) is 0 Å². The standard InChI is InChI=1S/C22H31N5O3/c1-4-13-27-22(30)18-11-6-5-10-17(18)20(25-27)21(29)24-23-19(28)12-14-26-15(2)8-7-9-16(26)3/h5-6,10-11,15-16H,4,7-9,12-14H2,1-3H3,(H,23,28)(H,24,29)/p+1/t15-,16-/m1/s1. The largest absolute Gasteiger partial charge is 0.330 e. The Bertz CT molecular complexity index is 961. The van der Waals surface area contributed by atoms with E-state index in [0.717, 1.165) is 13.0 Å². The second kappa shape index (κ2) is 9.84. The zero-order valence-electron chi connectivity index (χ0n) is 18.0. The van der Waals surface area contributed by atoms with Gasteiger partial charge in [0.1, 0.15) is 0 Å². The van der Waals surface area contributed by atoms with Gasteiger partial charge in [-0.15, -0.1) is 0 Å². The van der Waals surface area contributed by atoms with E-state index in [1.165, 1.54) is 28.8 Å². The van der Waals surface area contributed by atoms with Crippen LogP contribution in [0.25, 0.3) is 10.8 Å². The molecule has 3 rings (SSSR count). The highest BCUT2D eigenvalue weighted by atomic mass is 16.2. The number of amides is 2. The van der Waals surface area contributed by atoms with E-state index in [9.17, 15) is 14.4 Å². The topological polar surface area (TPSA) is 97.5 Å². The summed E-state index contributed by atoms with van der Waals surface area (Å²) in [5, 5.41) is 5.16. The van der Waals surface area contributed by atoms with Gasteiger partial charge in [0.2, 0.25) is 5.91 Å². The molecule has 8 nitrogen and oxygen atoms in total. The fourth-order valence-electron chi connectivity index (χ4n) is 4.35. The van der Waals surface area contributed by atoms with Crippen LogP contribution in [0.4, 0.5) is 0 Å².